The number of carbonyl (C=O) groups is 1. The summed E-state index contributed by atoms with van der Waals surface area (Å²) in [5.74, 6) is 0.159. The molecule has 0 spiro atoms. The Labute approximate surface area is 184 Å². The van der Waals surface area contributed by atoms with Crippen molar-refractivity contribution < 1.29 is 9.53 Å². The molecule has 4 rings (SSSR count). The van der Waals surface area contributed by atoms with E-state index in [-0.39, 0.29) is 22.5 Å². The van der Waals surface area contributed by atoms with Crippen LogP contribution in [0.2, 0.25) is 0 Å². The lowest BCUT2D eigenvalue weighted by Crippen LogP contribution is -2.18. The van der Waals surface area contributed by atoms with Crippen LogP contribution in [0.15, 0.2) is 89.7 Å². The van der Waals surface area contributed by atoms with Gasteiger partial charge in [0.15, 0.2) is 11.9 Å². The van der Waals surface area contributed by atoms with E-state index >= 15 is 0 Å². The van der Waals surface area contributed by atoms with Gasteiger partial charge in [-0.3, -0.25) is 9.59 Å². The van der Waals surface area contributed by atoms with Crippen LogP contribution >= 0.6 is 11.8 Å². The van der Waals surface area contributed by atoms with Gasteiger partial charge in [-0.1, -0.05) is 72.8 Å². The first-order chi connectivity index (χ1) is 15.1. The summed E-state index contributed by atoms with van der Waals surface area (Å²) in [6, 6.07) is 27.2. The van der Waals surface area contributed by atoms with Gasteiger partial charge in [0.1, 0.15) is 0 Å². The van der Waals surface area contributed by atoms with Gasteiger partial charge >= 0.3 is 5.97 Å². The van der Waals surface area contributed by atoms with E-state index in [1.54, 1.807) is 25.1 Å². The molecule has 1 atom stereocenters. The largest absolute Gasteiger partial charge is 0.454 e. The number of H-pyrrole nitrogens is 1. The molecule has 0 aliphatic heterocycles. The standard InChI is InChI=1S/C25H22N2O3S/c1-17(24-26-21-15-9-8-14-20(21)25(29)27-24)30-22(28)16-31-23(18-10-4-2-5-11-18)19-12-6-3-7-13-19/h2-15,17,23H,16H2,1H3,(H,26,27,29)/t17-/m0/s1. The lowest BCUT2D eigenvalue weighted by Gasteiger charge is -2.18. The molecule has 0 radical (unpaired) electrons. The van der Waals surface area contributed by atoms with Crippen LogP contribution in [0.3, 0.4) is 0 Å². The summed E-state index contributed by atoms with van der Waals surface area (Å²) in [5.41, 5.74) is 2.58. The third-order valence-electron chi connectivity index (χ3n) is 4.90. The molecule has 0 saturated heterocycles. The minimum atomic E-state index is -0.655. The summed E-state index contributed by atoms with van der Waals surface area (Å²) in [4.78, 5) is 32.0. The van der Waals surface area contributed by atoms with E-state index in [9.17, 15) is 9.59 Å². The molecule has 1 N–H and O–H groups in total. The molecule has 3 aromatic carbocycles. The van der Waals surface area contributed by atoms with Gasteiger partial charge in [-0.15, -0.1) is 11.8 Å². The molecule has 4 aromatic rings. The number of thioether (sulfide) groups is 1. The highest BCUT2D eigenvalue weighted by atomic mass is 32.2. The Hall–Kier alpha value is -3.38. The predicted molar refractivity (Wildman–Crippen MR) is 124 cm³/mol. The van der Waals surface area contributed by atoms with Gasteiger partial charge in [0, 0.05) is 0 Å². The topological polar surface area (TPSA) is 72.0 Å². The zero-order valence-corrected chi connectivity index (χ0v) is 17.8. The van der Waals surface area contributed by atoms with Crippen LogP contribution < -0.4 is 5.56 Å². The van der Waals surface area contributed by atoms with E-state index in [1.165, 1.54) is 11.8 Å². The fourth-order valence-corrected chi connectivity index (χ4v) is 4.45. The Balaban J connectivity index is 1.46. The molecular weight excluding hydrogens is 408 g/mol. The molecule has 0 bridgehead atoms. The minimum absolute atomic E-state index is 0.0175. The first kappa shape index (κ1) is 20.9. The van der Waals surface area contributed by atoms with Gasteiger partial charge in [-0.25, -0.2) is 4.98 Å². The van der Waals surface area contributed by atoms with Crippen molar-refractivity contribution in [3.8, 4) is 0 Å². The maximum Gasteiger partial charge on any atom is 0.316 e. The van der Waals surface area contributed by atoms with Crippen LogP contribution in [0.25, 0.3) is 10.9 Å². The lowest BCUT2D eigenvalue weighted by atomic mass is 10.0. The van der Waals surface area contributed by atoms with Crippen molar-refractivity contribution in [1.82, 2.24) is 9.97 Å². The highest BCUT2D eigenvalue weighted by Gasteiger charge is 2.19. The van der Waals surface area contributed by atoms with Gasteiger partial charge < -0.3 is 9.72 Å². The number of benzene rings is 3. The average Bonchev–Trinajstić information content (AvgIpc) is 2.80. The second-order valence-corrected chi connectivity index (χ2v) is 8.21. The summed E-state index contributed by atoms with van der Waals surface area (Å²) in [7, 11) is 0. The van der Waals surface area contributed by atoms with Crippen LogP contribution in [-0.2, 0) is 9.53 Å². The maximum atomic E-state index is 12.6. The monoisotopic (exact) mass is 430 g/mol. The molecule has 0 aliphatic rings. The highest BCUT2D eigenvalue weighted by Crippen LogP contribution is 2.35. The first-order valence-electron chi connectivity index (χ1n) is 10.0. The first-order valence-corrected chi connectivity index (χ1v) is 11.1. The van der Waals surface area contributed by atoms with Gasteiger partial charge in [0.05, 0.1) is 21.9 Å². The molecule has 1 heterocycles. The molecule has 0 fully saturated rings. The second-order valence-electron chi connectivity index (χ2n) is 7.11. The molecule has 0 saturated carbocycles. The number of hydrogen-bond donors (Lipinski definition) is 1. The molecule has 6 heteroatoms. The predicted octanol–water partition coefficient (Wildman–Crippen LogP) is 5.05. The number of fused-ring (bicyclic) bond motifs is 1. The lowest BCUT2D eigenvalue weighted by molar-refractivity contribution is -0.145. The SMILES string of the molecule is C[C@H](OC(=O)CSC(c1ccccc1)c1ccccc1)c1nc2ccccc2c(=O)[nH]1. The van der Waals surface area contributed by atoms with Gasteiger partial charge in [0.2, 0.25) is 0 Å². The highest BCUT2D eigenvalue weighted by molar-refractivity contribution is 8.00. The summed E-state index contributed by atoms with van der Waals surface area (Å²) in [6.07, 6.45) is -0.655. The van der Waals surface area contributed by atoms with Crippen LogP contribution in [0, 0.1) is 0 Å². The number of esters is 1. The van der Waals surface area contributed by atoms with E-state index in [0.717, 1.165) is 11.1 Å². The number of rotatable bonds is 7. The Bertz CT molecular complexity index is 1190. The number of hydrogen-bond acceptors (Lipinski definition) is 5. The zero-order chi connectivity index (χ0) is 21.6. The smallest absolute Gasteiger partial charge is 0.316 e. The summed E-state index contributed by atoms with van der Waals surface area (Å²) >= 11 is 1.51. The summed E-state index contributed by atoms with van der Waals surface area (Å²) < 4.78 is 5.57. The van der Waals surface area contributed by atoms with Gasteiger partial charge in [-0.2, -0.15) is 0 Å². The number of ether oxygens (including phenoxy) is 1. The third kappa shape index (κ3) is 5.03. The van der Waals surface area contributed by atoms with E-state index in [4.69, 9.17) is 4.74 Å². The Morgan fingerprint density at radius 3 is 2.16 bits per heavy atom. The van der Waals surface area contributed by atoms with Crippen molar-refractivity contribution in [1.29, 1.82) is 0 Å². The molecule has 31 heavy (non-hydrogen) atoms. The number of carbonyl (C=O) groups excluding carboxylic acids is 1. The molecular formula is C25H22N2O3S. The molecule has 5 nitrogen and oxygen atoms in total. The van der Waals surface area contributed by atoms with Crippen molar-refractivity contribution in [3.63, 3.8) is 0 Å². The molecule has 0 unspecified atom stereocenters. The van der Waals surface area contributed by atoms with Crippen molar-refractivity contribution in [2.24, 2.45) is 0 Å². The number of aromatic amines is 1. The minimum Gasteiger partial charge on any atom is -0.454 e. The van der Waals surface area contributed by atoms with E-state index in [2.05, 4.69) is 34.2 Å². The third-order valence-corrected chi connectivity index (χ3v) is 6.18. The fourth-order valence-electron chi connectivity index (χ4n) is 3.38. The fraction of sp³-hybridized carbons (Fsp3) is 0.160. The zero-order valence-electron chi connectivity index (χ0n) is 17.0. The molecule has 1 aromatic heterocycles. The van der Waals surface area contributed by atoms with Gasteiger partial charge in [0.25, 0.3) is 5.56 Å². The molecule has 0 aliphatic carbocycles. The maximum absolute atomic E-state index is 12.6. The Kier molecular flexibility index (Phi) is 6.48. The number of aromatic nitrogens is 2. The number of nitrogens with one attached hydrogen (secondary N) is 1. The van der Waals surface area contributed by atoms with Crippen LogP contribution in [0.4, 0.5) is 0 Å². The molecule has 156 valence electrons. The normalized spacial score (nSPS) is 12.1. The van der Waals surface area contributed by atoms with E-state index < -0.39 is 6.10 Å². The quantitative estimate of drug-likeness (QED) is 0.416. The second kappa shape index (κ2) is 9.62. The summed E-state index contributed by atoms with van der Waals surface area (Å²) in [6.45, 7) is 1.71. The number of nitrogens with zero attached hydrogens (tertiary/aromatic N) is 1. The van der Waals surface area contributed by atoms with Crippen molar-refractivity contribution in [2.45, 2.75) is 18.3 Å². The van der Waals surface area contributed by atoms with Crippen LogP contribution in [0.1, 0.15) is 35.2 Å². The van der Waals surface area contributed by atoms with Crippen molar-refractivity contribution >= 4 is 28.6 Å². The van der Waals surface area contributed by atoms with E-state index in [1.807, 2.05) is 42.5 Å². The van der Waals surface area contributed by atoms with Crippen LogP contribution in [-0.4, -0.2) is 21.7 Å². The van der Waals surface area contributed by atoms with Crippen LogP contribution in [0.5, 0.6) is 0 Å². The van der Waals surface area contributed by atoms with Crippen molar-refractivity contribution in [3.05, 3.63) is 112 Å². The van der Waals surface area contributed by atoms with E-state index in [0.29, 0.717) is 16.7 Å². The van der Waals surface area contributed by atoms with Crippen molar-refractivity contribution in [2.75, 3.05) is 5.75 Å². The Morgan fingerprint density at radius 1 is 0.935 bits per heavy atom. The van der Waals surface area contributed by atoms with Gasteiger partial charge in [-0.05, 0) is 30.2 Å². The number of para-hydroxylation sites is 1. The Morgan fingerprint density at radius 2 is 1.52 bits per heavy atom. The summed E-state index contributed by atoms with van der Waals surface area (Å²) in [5, 5.41) is 0.526. The molecule has 0 amide bonds. The average molecular weight is 431 g/mol.